The SMILES string of the molecule is C[C@H](N)[C@@H]1CCN(C)C1. The largest absolute Gasteiger partial charge is 0.328 e. The maximum atomic E-state index is 5.73. The standard InChI is InChI=1S/C7H16N2/c1-6(8)7-3-4-9(2)5-7/h6-7H,3-5,8H2,1-2H3/t6-,7+/m0/s1. The lowest BCUT2D eigenvalue weighted by molar-refractivity contribution is 0.377. The van der Waals surface area contributed by atoms with Crippen molar-refractivity contribution in [3.05, 3.63) is 0 Å². The minimum atomic E-state index is 0.384. The highest BCUT2D eigenvalue weighted by Gasteiger charge is 2.21. The van der Waals surface area contributed by atoms with Gasteiger partial charge in [0, 0.05) is 12.6 Å². The topological polar surface area (TPSA) is 29.3 Å². The first-order valence-corrected chi connectivity index (χ1v) is 3.64. The van der Waals surface area contributed by atoms with E-state index in [4.69, 9.17) is 5.73 Å². The molecule has 1 aliphatic heterocycles. The van der Waals surface area contributed by atoms with Gasteiger partial charge in [-0.05, 0) is 32.9 Å². The molecule has 0 aliphatic carbocycles. The minimum Gasteiger partial charge on any atom is -0.328 e. The van der Waals surface area contributed by atoms with E-state index in [2.05, 4.69) is 18.9 Å². The lowest BCUT2D eigenvalue weighted by Gasteiger charge is -2.13. The fourth-order valence-corrected chi connectivity index (χ4v) is 1.40. The summed E-state index contributed by atoms with van der Waals surface area (Å²) >= 11 is 0. The van der Waals surface area contributed by atoms with Crippen molar-refractivity contribution in [1.82, 2.24) is 4.90 Å². The van der Waals surface area contributed by atoms with E-state index in [1.54, 1.807) is 0 Å². The molecule has 2 nitrogen and oxygen atoms in total. The van der Waals surface area contributed by atoms with Crippen molar-refractivity contribution in [3.8, 4) is 0 Å². The number of hydrogen-bond acceptors (Lipinski definition) is 2. The first-order valence-electron chi connectivity index (χ1n) is 3.64. The third-order valence-electron chi connectivity index (χ3n) is 2.17. The third kappa shape index (κ3) is 1.66. The molecule has 0 saturated carbocycles. The third-order valence-corrected chi connectivity index (χ3v) is 2.17. The van der Waals surface area contributed by atoms with Crippen molar-refractivity contribution in [2.75, 3.05) is 20.1 Å². The maximum absolute atomic E-state index is 5.73. The zero-order chi connectivity index (χ0) is 6.85. The van der Waals surface area contributed by atoms with E-state index in [0.717, 1.165) is 5.92 Å². The summed E-state index contributed by atoms with van der Waals surface area (Å²) in [6.07, 6.45) is 1.29. The van der Waals surface area contributed by atoms with Crippen LogP contribution in [-0.2, 0) is 0 Å². The predicted molar refractivity (Wildman–Crippen MR) is 39.3 cm³/mol. The van der Waals surface area contributed by atoms with Gasteiger partial charge in [-0.1, -0.05) is 0 Å². The molecule has 0 aromatic rings. The molecule has 2 N–H and O–H groups in total. The van der Waals surface area contributed by atoms with E-state index < -0.39 is 0 Å². The normalized spacial score (nSPS) is 33.0. The van der Waals surface area contributed by atoms with Gasteiger partial charge in [-0.15, -0.1) is 0 Å². The zero-order valence-corrected chi connectivity index (χ0v) is 6.30. The van der Waals surface area contributed by atoms with Gasteiger partial charge >= 0.3 is 0 Å². The molecule has 1 rings (SSSR count). The Morgan fingerprint density at radius 2 is 2.33 bits per heavy atom. The monoisotopic (exact) mass is 128 g/mol. The van der Waals surface area contributed by atoms with Crippen LogP contribution in [0.15, 0.2) is 0 Å². The number of hydrogen-bond donors (Lipinski definition) is 1. The van der Waals surface area contributed by atoms with Gasteiger partial charge in [0.25, 0.3) is 0 Å². The molecule has 1 fully saturated rings. The number of likely N-dealkylation sites (tertiary alicyclic amines) is 1. The molecule has 0 bridgehead atoms. The second kappa shape index (κ2) is 2.67. The maximum Gasteiger partial charge on any atom is 0.00514 e. The molecule has 1 aliphatic rings. The van der Waals surface area contributed by atoms with Gasteiger partial charge in [-0.2, -0.15) is 0 Å². The fourth-order valence-electron chi connectivity index (χ4n) is 1.40. The van der Waals surface area contributed by atoms with Crippen LogP contribution in [0.2, 0.25) is 0 Å². The van der Waals surface area contributed by atoms with E-state index >= 15 is 0 Å². The Labute approximate surface area is 57.0 Å². The summed E-state index contributed by atoms with van der Waals surface area (Å²) in [7, 11) is 2.16. The summed E-state index contributed by atoms with van der Waals surface area (Å²) in [5.41, 5.74) is 5.73. The van der Waals surface area contributed by atoms with E-state index in [1.807, 2.05) is 0 Å². The van der Waals surface area contributed by atoms with Gasteiger partial charge in [-0.3, -0.25) is 0 Å². The van der Waals surface area contributed by atoms with Crippen LogP contribution in [0.4, 0.5) is 0 Å². The molecule has 1 heterocycles. The molecule has 1 saturated heterocycles. The van der Waals surface area contributed by atoms with Crippen LogP contribution in [0.25, 0.3) is 0 Å². The quantitative estimate of drug-likeness (QED) is 0.550. The predicted octanol–water partition coefficient (Wildman–Crippen LogP) is 0.285. The van der Waals surface area contributed by atoms with Crippen LogP contribution in [-0.4, -0.2) is 31.1 Å². The fraction of sp³-hybridized carbons (Fsp3) is 1.00. The summed E-state index contributed by atoms with van der Waals surface area (Å²) in [4.78, 5) is 2.34. The number of rotatable bonds is 1. The second-order valence-corrected chi connectivity index (χ2v) is 3.17. The average Bonchev–Trinajstić information content (AvgIpc) is 2.14. The van der Waals surface area contributed by atoms with Gasteiger partial charge in [0.05, 0.1) is 0 Å². The van der Waals surface area contributed by atoms with Crippen molar-refractivity contribution in [1.29, 1.82) is 0 Å². The molecular weight excluding hydrogens is 112 g/mol. The molecule has 9 heavy (non-hydrogen) atoms. The summed E-state index contributed by atoms with van der Waals surface area (Å²) in [6.45, 7) is 4.52. The summed E-state index contributed by atoms with van der Waals surface area (Å²) in [5, 5.41) is 0. The number of nitrogens with two attached hydrogens (primary N) is 1. The molecule has 0 unspecified atom stereocenters. The molecule has 54 valence electrons. The Morgan fingerprint density at radius 3 is 2.56 bits per heavy atom. The van der Waals surface area contributed by atoms with E-state index in [9.17, 15) is 0 Å². The second-order valence-electron chi connectivity index (χ2n) is 3.17. The Hall–Kier alpha value is -0.0800. The lowest BCUT2D eigenvalue weighted by atomic mass is 10.0. The molecular formula is C7H16N2. The van der Waals surface area contributed by atoms with Gasteiger partial charge < -0.3 is 10.6 Å². The van der Waals surface area contributed by atoms with E-state index in [1.165, 1.54) is 19.5 Å². The Balaban J connectivity index is 2.30. The number of nitrogens with zero attached hydrogens (tertiary/aromatic N) is 1. The molecule has 2 atom stereocenters. The molecule has 0 aromatic heterocycles. The summed E-state index contributed by atoms with van der Waals surface area (Å²) < 4.78 is 0. The minimum absolute atomic E-state index is 0.384. The summed E-state index contributed by atoms with van der Waals surface area (Å²) in [5.74, 6) is 0.745. The van der Waals surface area contributed by atoms with Crippen molar-refractivity contribution in [2.24, 2.45) is 11.7 Å². The molecule has 0 amide bonds. The molecule has 0 spiro atoms. The van der Waals surface area contributed by atoms with Crippen molar-refractivity contribution < 1.29 is 0 Å². The van der Waals surface area contributed by atoms with Crippen LogP contribution < -0.4 is 5.73 Å². The van der Waals surface area contributed by atoms with Gasteiger partial charge in [0.1, 0.15) is 0 Å². The zero-order valence-electron chi connectivity index (χ0n) is 6.30. The van der Waals surface area contributed by atoms with E-state index in [0.29, 0.717) is 6.04 Å². The van der Waals surface area contributed by atoms with E-state index in [-0.39, 0.29) is 0 Å². The van der Waals surface area contributed by atoms with Crippen molar-refractivity contribution in [2.45, 2.75) is 19.4 Å². The van der Waals surface area contributed by atoms with Gasteiger partial charge in [-0.25, -0.2) is 0 Å². The van der Waals surface area contributed by atoms with Crippen LogP contribution in [0.5, 0.6) is 0 Å². The highest BCUT2D eigenvalue weighted by molar-refractivity contribution is 4.78. The van der Waals surface area contributed by atoms with Crippen molar-refractivity contribution in [3.63, 3.8) is 0 Å². The Bertz CT molecular complexity index is 90.9. The van der Waals surface area contributed by atoms with Gasteiger partial charge in [0.15, 0.2) is 0 Å². The van der Waals surface area contributed by atoms with Crippen LogP contribution in [0.1, 0.15) is 13.3 Å². The van der Waals surface area contributed by atoms with Crippen LogP contribution in [0, 0.1) is 5.92 Å². The molecule has 2 heteroatoms. The van der Waals surface area contributed by atoms with Gasteiger partial charge in [0.2, 0.25) is 0 Å². The first kappa shape index (κ1) is 7.03. The van der Waals surface area contributed by atoms with Crippen LogP contribution >= 0.6 is 0 Å². The highest BCUT2D eigenvalue weighted by Crippen LogP contribution is 2.15. The Kier molecular flexibility index (Phi) is 2.09. The summed E-state index contributed by atoms with van der Waals surface area (Å²) in [6, 6.07) is 0.384. The molecule has 0 radical (unpaired) electrons. The highest BCUT2D eigenvalue weighted by atomic mass is 15.1. The smallest absolute Gasteiger partial charge is 0.00514 e. The molecule has 0 aromatic carbocycles. The lowest BCUT2D eigenvalue weighted by Crippen LogP contribution is -2.28. The van der Waals surface area contributed by atoms with Crippen molar-refractivity contribution >= 4 is 0 Å². The van der Waals surface area contributed by atoms with Crippen LogP contribution in [0.3, 0.4) is 0 Å². The first-order chi connectivity index (χ1) is 4.20. The Morgan fingerprint density at radius 1 is 1.67 bits per heavy atom. The average molecular weight is 128 g/mol.